The molecule has 2 aromatic rings. The molecule has 0 bridgehead atoms. The van der Waals surface area contributed by atoms with Crippen molar-refractivity contribution in [1.82, 2.24) is 0 Å². The number of halogens is 2. The van der Waals surface area contributed by atoms with Gasteiger partial charge in [0.2, 0.25) is 0 Å². The van der Waals surface area contributed by atoms with Crippen molar-refractivity contribution in [3.63, 3.8) is 0 Å². The zero-order valence-electron chi connectivity index (χ0n) is 11.5. The van der Waals surface area contributed by atoms with Crippen LogP contribution in [0.4, 0.5) is 5.69 Å². The number of hydrogen-bond acceptors (Lipinski definition) is 4. The third-order valence-corrected chi connectivity index (χ3v) is 5.14. The SMILES string of the molecule is O=C1C(=Cc2c(Cl)cccc2Cl)SC(=S)N1c1ccc(O)cc1. The summed E-state index contributed by atoms with van der Waals surface area (Å²) >= 11 is 18.8. The fourth-order valence-electron chi connectivity index (χ4n) is 2.07. The fraction of sp³-hybridized carbons (Fsp3) is 0. The summed E-state index contributed by atoms with van der Waals surface area (Å²) in [5.74, 6) is -0.126. The second-order valence-electron chi connectivity index (χ2n) is 4.67. The highest BCUT2D eigenvalue weighted by atomic mass is 35.5. The Morgan fingerprint density at radius 2 is 1.70 bits per heavy atom. The Kier molecular flexibility index (Phi) is 4.64. The summed E-state index contributed by atoms with van der Waals surface area (Å²) in [6.45, 7) is 0. The van der Waals surface area contributed by atoms with Gasteiger partial charge in [-0.1, -0.05) is 53.2 Å². The van der Waals surface area contributed by atoms with Gasteiger partial charge in [-0.25, -0.2) is 0 Å². The van der Waals surface area contributed by atoms with Gasteiger partial charge in [-0.05, 0) is 42.5 Å². The van der Waals surface area contributed by atoms with E-state index < -0.39 is 0 Å². The molecule has 0 atom stereocenters. The Balaban J connectivity index is 1.98. The summed E-state index contributed by atoms with van der Waals surface area (Å²) in [6, 6.07) is 11.4. The summed E-state index contributed by atoms with van der Waals surface area (Å²) in [5, 5.41) is 10.3. The average Bonchev–Trinajstić information content (AvgIpc) is 2.79. The van der Waals surface area contributed by atoms with E-state index in [1.165, 1.54) is 28.8 Å². The maximum absolute atomic E-state index is 12.6. The summed E-state index contributed by atoms with van der Waals surface area (Å²) in [6.07, 6.45) is 1.64. The smallest absolute Gasteiger partial charge is 0.270 e. The first kappa shape index (κ1) is 16.3. The Morgan fingerprint density at radius 3 is 2.30 bits per heavy atom. The Hall–Kier alpha value is -1.53. The number of benzene rings is 2. The summed E-state index contributed by atoms with van der Waals surface area (Å²) < 4.78 is 0.412. The Bertz CT molecular complexity index is 814. The monoisotopic (exact) mass is 381 g/mol. The van der Waals surface area contributed by atoms with E-state index in [-0.39, 0.29) is 11.7 Å². The van der Waals surface area contributed by atoms with Gasteiger partial charge in [0, 0.05) is 15.6 Å². The predicted octanol–water partition coefficient (Wildman–Crippen LogP) is 5.10. The first-order valence-corrected chi connectivity index (χ1v) is 8.46. The van der Waals surface area contributed by atoms with Crippen molar-refractivity contribution < 1.29 is 9.90 Å². The van der Waals surface area contributed by atoms with Crippen LogP contribution < -0.4 is 4.90 Å². The van der Waals surface area contributed by atoms with Gasteiger partial charge in [0.1, 0.15) is 5.75 Å². The number of amides is 1. The van der Waals surface area contributed by atoms with E-state index in [1.807, 2.05) is 0 Å². The number of aromatic hydroxyl groups is 1. The highest BCUT2D eigenvalue weighted by Crippen LogP contribution is 2.38. The predicted molar refractivity (Wildman–Crippen MR) is 100 cm³/mol. The van der Waals surface area contributed by atoms with Crippen LogP contribution in [0.5, 0.6) is 5.75 Å². The van der Waals surface area contributed by atoms with Crippen molar-refractivity contribution in [3.05, 3.63) is 63.0 Å². The molecular formula is C16H9Cl2NO2S2. The van der Waals surface area contributed by atoms with Crippen LogP contribution in [0, 0.1) is 0 Å². The number of nitrogens with zero attached hydrogens (tertiary/aromatic N) is 1. The maximum Gasteiger partial charge on any atom is 0.270 e. The summed E-state index contributed by atoms with van der Waals surface area (Å²) in [7, 11) is 0. The van der Waals surface area contributed by atoms with Crippen LogP contribution in [0.1, 0.15) is 5.56 Å². The molecule has 1 saturated heterocycles. The normalized spacial score (nSPS) is 16.4. The number of phenols is 1. The molecule has 2 aromatic carbocycles. The van der Waals surface area contributed by atoms with Gasteiger partial charge in [-0.15, -0.1) is 0 Å². The van der Waals surface area contributed by atoms with Gasteiger partial charge in [-0.2, -0.15) is 0 Å². The second-order valence-corrected chi connectivity index (χ2v) is 7.16. The molecule has 1 N–H and O–H groups in total. The number of thiocarbonyl (C=S) groups is 1. The molecular weight excluding hydrogens is 373 g/mol. The molecule has 0 unspecified atom stereocenters. The van der Waals surface area contributed by atoms with Gasteiger partial charge in [0.05, 0.1) is 10.6 Å². The molecule has 0 saturated carbocycles. The van der Waals surface area contributed by atoms with Crippen LogP contribution in [-0.4, -0.2) is 15.3 Å². The molecule has 1 aliphatic rings. The Labute approximate surface area is 152 Å². The molecule has 1 amide bonds. The lowest BCUT2D eigenvalue weighted by molar-refractivity contribution is -0.113. The molecule has 1 fully saturated rings. The molecule has 1 aliphatic heterocycles. The Morgan fingerprint density at radius 1 is 1.09 bits per heavy atom. The average molecular weight is 382 g/mol. The van der Waals surface area contributed by atoms with E-state index in [9.17, 15) is 9.90 Å². The van der Waals surface area contributed by atoms with E-state index in [0.29, 0.717) is 30.5 Å². The van der Waals surface area contributed by atoms with Crippen LogP contribution >= 0.6 is 47.2 Å². The van der Waals surface area contributed by atoms with Crippen molar-refractivity contribution in [1.29, 1.82) is 0 Å². The van der Waals surface area contributed by atoms with Crippen molar-refractivity contribution in [3.8, 4) is 5.75 Å². The minimum atomic E-state index is -0.248. The number of carbonyl (C=O) groups excluding carboxylic acids is 1. The van der Waals surface area contributed by atoms with Gasteiger partial charge >= 0.3 is 0 Å². The zero-order valence-corrected chi connectivity index (χ0v) is 14.6. The minimum Gasteiger partial charge on any atom is -0.508 e. The molecule has 0 radical (unpaired) electrons. The largest absolute Gasteiger partial charge is 0.508 e. The molecule has 0 aliphatic carbocycles. The van der Waals surface area contributed by atoms with Crippen molar-refractivity contribution in [2.75, 3.05) is 4.90 Å². The first-order valence-electron chi connectivity index (χ1n) is 6.48. The summed E-state index contributed by atoms with van der Waals surface area (Å²) in [5.41, 5.74) is 1.18. The number of carbonyl (C=O) groups is 1. The molecule has 0 spiro atoms. The van der Waals surface area contributed by atoms with E-state index >= 15 is 0 Å². The molecule has 1 heterocycles. The molecule has 7 heteroatoms. The van der Waals surface area contributed by atoms with Gasteiger partial charge in [0.25, 0.3) is 5.91 Å². The molecule has 3 nitrogen and oxygen atoms in total. The third-order valence-electron chi connectivity index (χ3n) is 3.18. The van der Waals surface area contributed by atoms with Crippen LogP contribution in [0.3, 0.4) is 0 Å². The third kappa shape index (κ3) is 3.23. The molecule has 116 valence electrons. The second kappa shape index (κ2) is 6.53. The van der Waals surface area contributed by atoms with Crippen molar-refractivity contribution in [2.24, 2.45) is 0 Å². The highest BCUT2D eigenvalue weighted by molar-refractivity contribution is 8.27. The van der Waals surface area contributed by atoms with Gasteiger partial charge < -0.3 is 5.11 Å². The van der Waals surface area contributed by atoms with Crippen molar-refractivity contribution in [2.45, 2.75) is 0 Å². The topological polar surface area (TPSA) is 40.5 Å². The first-order chi connectivity index (χ1) is 11.0. The molecule has 23 heavy (non-hydrogen) atoms. The van der Waals surface area contributed by atoms with E-state index in [2.05, 4.69) is 0 Å². The molecule has 3 rings (SSSR count). The zero-order chi connectivity index (χ0) is 16.6. The maximum atomic E-state index is 12.6. The van der Waals surface area contributed by atoms with E-state index in [1.54, 1.807) is 36.4 Å². The van der Waals surface area contributed by atoms with Gasteiger partial charge in [0.15, 0.2) is 4.32 Å². The molecule has 0 aromatic heterocycles. The number of rotatable bonds is 2. The number of phenolic OH excluding ortho intramolecular Hbond substituents is 1. The lowest BCUT2D eigenvalue weighted by atomic mass is 10.2. The van der Waals surface area contributed by atoms with Gasteiger partial charge in [-0.3, -0.25) is 9.69 Å². The quantitative estimate of drug-likeness (QED) is 0.579. The van der Waals surface area contributed by atoms with E-state index in [0.717, 1.165) is 0 Å². The lowest BCUT2D eigenvalue weighted by Gasteiger charge is -2.14. The van der Waals surface area contributed by atoms with Crippen LogP contribution in [0.2, 0.25) is 10.0 Å². The van der Waals surface area contributed by atoms with Crippen LogP contribution in [0.15, 0.2) is 47.4 Å². The standard InChI is InChI=1S/C16H9Cl2NO2S2/c17-12-2-1-3-13(18)11(12)8-14-15(21)19(16(22)23-14)9-4-6-10(20)7-5-9/h1-8,20H. The number of hydrogen-bond donors (Lipinski definition) is 1. The van der Waals surface area contributed by atoms with E-state index in [4.69, 9.17) is 35.4 Å². The minimum absolute atomic E-state index is 0.123. The van der Waals surface area contributed by atoms with Crippen LogP contribution in [-0.2, 0) is 4.79 Å². The number of anilines is 1. The highest BCUT2D eigenvalue weighted by Gasteiger charge is 2.33. The number of thioether (sulfide) groups is 1. The fourth-order valence-corrected chi connectivity index (χ4v) is 3.86. The lowest BCUT2D eigenvalue weighted by Crippen LogP contribution is -2.27. The van der Waals surface area contributed by atoms with Crippen LogP contribution in [0.25, 0.3) is 6.08 Å². The van der Waals surface area contributed by atoms with Crippen molar-refractivity contribution >= 4 is 69.2 Å². The summed E-state index contributed by atoms with van der Waals surface area (Å²) in [4.78, 5) is 14.5.